The number of halogens is 1. The zero-order chi connectivity index (χ0) is 19.1. The maximum Gasteiger partial charge on any atom is 0.222 e. The van der Waals surface area contributed by atoms with Crippen LogP contribution in [0, 0.1) is 5.82 Å². The van der Waals surface area contributed by atoms with E-state index in [2.05, 4.69) is 29.2 Å². The van der Waals surface area contributed by atoms with Crippen LogP contribution in [0.1, 0.15) is 37.3 Å². The minimum absolute atomic E-state index is 0.155. The standard InChI is InChI=1S/C23H29FN2O/c1-2-23(27)26(18-20-9-6-10-21(24)17-20)22-12-15-25(16-13-22)14-11-19-7-4-3-5-8-19/h3-10,17,22H,2,11-16,18H2,1H3. The summed E-state index contributed by atoms with van der Waals surface area (Å²) in [7, 11) is 0. The molecule has 0 bridgehead atoms. The first-order valence-electron chi connectivity index (χ1n) is 9.96. The van der Waals surface area contributed by atoms with Crippen molar-refractivity contribution in [3.63, 3.8) is 0 Å². The average molecular weight is 368 g/mol. The third kappa shape index (κ3) is 5.64. The molecule has 1 aliphatic rings. The topological polar surface area (TPSA) is 23.6 Å². The van der Waals surface area contributed by atoms with Crippen molar-refractivity contribution in [2.75, 3.05) is 19.6 Å². The zero-order valence-electron chi connectivity index (χ0n) is 16.1. The van der Waals surface area contributed by atoms with Crippen LogP contribution < -0.4 is 0 Å². The molecule has 4 heteroatoms. The van der Waals surface area contributed by atoms with Gasteiger partial charge in [0.05, 0.1) is 0 Å². The Kier molecular flexibility index (Phi) is 6.99. The summed E-state index contributed by atoms with van der Waals surface area (Å²) >= 11 is 0. The Labute approximate surface area is 161 Å². The molecule has 0 aromatic heterocycles. The van der Waals surface area contributed by atoms with E-state index in [0.717, 1.165) is 44.5 Å². The second kappa shape index (κ2) is 9.65. The Morgan fingerprint density at radius 1 is 1.07 bits per heavy atom. The van der Waals surface area contributed by atoms with Crippen LogP contribution in [0.25, 0.3) is 0 Å². The monoisotopic (exact) mass is 368 g/mol. The summed E-state index contributed by atoms with van der Waals surface area (Å²) in [4.78, 5) is 17.0. The van der Waals surface area contributed by atoms with Crippen LogP contribution in [-0.4, -0.2) is 41.4 Å². The highest BCUT2D eigenvalue weighted by atomic mass is 19.1. The van der Waals surface area contributed by atoms with E-state index in [0.29, 0.717) is 13.0 Å². The van der Waals surface area contributed by atoms with Crippen molar-refractivity contribution in [3.8, 4) is 0 Å². The minimum atomic E-state index is -0.243. The second-order valence-electron chi connectivity index (χ2n) is 7.31. The highest BCUT2D eigenvalue weighted by Gasteiger charge is 2.27. The maximum atomic E-state index is 13.5. The molecule has 2 aromatic rings. The number of piperidine rings is 1. The Morgan fingerprint density at radius 2 is 1.78 bits per heavy atom. The summed E-state index contributed by atoms with van der Waals surface area (Å²) in [5.41, 5.74) is 2.23. The van der Waals surface area contributed by atoms with Crippen LogP contribution >= 0.6 is 0 Å². The lowest BCUT2D eigenvalue weighted by molar-refractivity contribution is -0.135. The zero-order valence-corrected chi connectivity index (χ0v) is 16.1. The molecule has 0 aliphatic carbocycles. The molecule has 0 atom stereocenters. The van der Waals surface area contributed by atoms with E-state index in [-0.39, 0.29) is 17.8 Å². The number of hydrogen-bond donors (Lipinski definition) is 0. The number of benzene rings is 2. The average Bonchev–Trinajstić information content (AvgIpc) is 2.71. The molecule has 0 radical (unpaired) electrons. The highest BCUT2D eigenvalue weighted by molar-refractivity contribution is 5.76. The second-order valence-corrected chi connectivity index (χ2v) is 7.31. The Hall–Kier alpha value is -2.20. The first kappa shape index (κ1) is 19.6. The molecule has 1 amide bonds. The fourth-order valence-corrected chi connectivity index (χ4v) is 3.84. The number of carbonyl (C=O) groups excluding carboxylic acids is 1. The van der Waals surface area contributed by atoms with Crippen molar-refractivity contribution in [2.24, 2.45) is 0 Å². The number of rotatable bonds is 7. The molecule has 1 aliphatic heterocycles. The SMILES string of the molecule is CCC(=O)N(Cc1cccc(F)c1)C1CCN(CCc2ccccc2)CC1. The van der Waals surface area contributed by atoms with Crippen molar-refractivity contribution in [2.45, 2.75) is 45.2 Å². The molecule has 3 rings (SSSR count). The van der Waals surface area contributed by atoms with Crippen LogP contribution in [0.3, 0.4) is 0 Å². The predicted molar refractivity (Wildman–Crippen MR) is 107 cm³/mol. The third-order valence-corrected chi connectivity index (χ3v) is 5.42. The normalized spacial score (nSPS) is 15.6. The largest absolute Gasteiger partial charge is 0.335 e. The minimum Gasteiger partial charge on any atom is -0.335 e. The van der Waals surface area contributed by atoms with Gasteiger partial charge in [0.15, 0.2) is 0 Å². The third-order valence-electron chi connectivity index (χ3n) is 5.42. The van der Waals surface area contributed by atoms with E-state index in [1.807, 2.05) is 24.0 Å². The summed E-state index contributed by atoms with van der Waals surface area (Å²) in [6.45, 7) is 5.47. The summed E-state index contributed by atoms with van der Waals surface area (Å²) in [6.07, 6.45) is 3.52. The van der Waals surface area contributed by atoms with Crippen LogP contribution in [0.4, 0.5) is 4.39 Å². The molecule has 1 heterocycles. The number of carbonyl (C=O) groups is 1. The van der Waals surface area contributed by atoms with Gasteiger partial charge in [-0.1, -0.05) is 49.4 Å². The maximum absolute atomic E-state index is 13.5. The molecule has 0 unspecified atom stereocenters. The molecule has 0 saturated carbocycles. The Balaban J connectivity index is 1.55. The van der Waals surface area contributed by atoms with E-state index in [1.54, 1.807) is 6.07 Å². The molecule has 27 heavy (non-hydrogen) atoms. The van der Waals surface area contributed by atoms with Gasteiger partial charge in [0.25, 0.3) is 0 Å². The van der Waals surface area contributed by atoms with Crippen molar-refractivity contribution < 1.29 is 9.18 Å². The summed E-state index contributed by atoms with van der Waals surface area (Å²) in [5.74, 6) is -0.0888. The van der Waals surface area contributed by atoms with Crippen LogP contribution in [0.5, 0.6) is 0 Å². The van der Waals surface area contributed by atoms with E-state index in [1.165, 1.54) is 17.7 Å². The number of hydrogen-bond acceptors (Lipinski definition) is 2. The van der Waals surface area contributed by atoms with Crippen LogP contribution in [0.2, 0.25) is 0 Å². The van der Waals surface area contributed by atoms with E-state index in [4.69, 9.17) is 0 Å². The van der Waals surface area contributed by atoms with Crippen molar-refractivity contribution >= 4 is 5.91 Å². The summed E-state index contributed by atoms with van der Waals surface area (Å²) in [6, 6.07) is 17.4. The van der Waals surface area contributed by atoms with Gasteiger partial charge in [-0.3, -0.25) is 4.79 Å². The first-order chi connectivity index (χ1) is 13.2. The van der Waals surface area contributed by atoms with Crippen molar-refractivity contribution in [3.05, 3.63) is 71.5 Å². The fraction of sp³-hybridized carbons (Fsp3) is 0.435. The van der Waals surface area contributed by atoms with Gasteiger partial charge >= 0.3 is 0 Å². The predicted octanol–water partition coefficient (Wildman–Crippen LogP) is 4.27. The van der Waals surface area contributed by atoms with Gasteiger partial charge in [-0.25, -0.2) is 4.39 Å². The van der Waals surface area contributed by atoms with Gasteiger partial charge in [0, 0.05) is 38.6 Å². The van der Waals surface area contributed by atoms with E-state index < -0.39 is 0 Å². The summed E-state index contributed by atoms with van der Waals surface area (Å²) < 4.78 is 13.5. The molecule has 1 fully saturated rings. The molecule has 0 spiro atoms. The fourth-order valence-electron chi connectivity index (χ4n) is 3.84. The molecule has 2 aromatic carbocycles. The van der Waals surface area contributed by atoms with Gasteiger partial charge < -0.3 is 9.80 Å². The molecule has 1 saturated heterocycles. The smallest absolute Gasteiger partial charge is 0.222 e. The number of likely N-dealkylation sites (tertiary alicyclic amines) is 1. The Bertz CT molecular complexity index is 726. The highest BCUT2D eigenvalue weighted by Crippen LogP contribution is 2.21. The van der Waals surface area contributed by atoms with Crippen LogP contribution in [0.15, 0.2) is 54.6 Å². The van der Waals surface area contributed by atoms with Gasteiger partial charge in [-0.05, 0) is 42.5 Å². The van der Waals surface area contributed by atoms with Gasteiger partial charge in [0.1, 0.15) is 5.82 Å². The summed E-state index contributed by atoms with van der Waals surface area (Å²) in [5, 5.41) is 0. The lowest BCUT2D eigenvalue weighted by atomic mass is 10.0. The van der Waals surface area contributed by atoms with Crippen LogP contribution in [-0.2, 0) is 17.8 Å². The number of amides is 1. The van der Waals surface area contributed by atoms with Gasteiger partial charge in [0.2, 0.25) is 5.91 Å². The lowest BCUT2D eigenvalue weighted by Crippen LogP contribution is -2.47. The molecular weight excluding hydrogens is 339 g/mol. The lowest BCUT2D eigenvalue weighted by Gasteiger charge is -2.38. The number of nitrogens with zero attached hydrogens (tertiary/aromatic N) is 2. The van der Waals surface area contributed by atoms with Crippen molar-refractivity contribution in [1.82, 2.24) is 9.80 Å². The van der Waals surface area contributed by atoms with E-state index >= 15 is 0 Å². The molecular formula is C23H29FN2O. The van der Waals surface area contributed by atoms with Gasteiger partial charge in [-0.2, -0.15) is 0 Å². The van der Waals surface area contributed by atoms with Gasteiger partial charge in [-0.15, -0.1) is 0 Å². The first-order valence-corrected chi connectivity index (χ1v) is 9.96. The van der Waals surface area contributed by atoms with E-state index in [9.17, 15) is 9.18 Å². The Morgan fingerprint density at radius 3 is 2.44 bits per heavy atom. The molecule has 144 valence electrons. The quantitative estimate of drug-likeness (QED) is 0.729. The van der Waals surface area contributed by atoms with Crippen molar-refractivity contribution in [1.29, 1.82) is 0 Å². The molecule has 0 N–H and O–H groups in total. The molecule has 3 nitrogen and oxygen atoms in total.